The van der Waals surface area contributed by atoms with Gasteiger partial charge in [-0.25, -0.2) is 0 Å². The summed E-state index contributed by atoms with van der Waals surface area (Å²) in [6.45, 7) is 7.89. The van der Waals surface area contributed by atoms with E-state index in [9.17, 15) is 4.79 Å². The Balaban J connectivity index is 0.00000242. The first-order valence-corrected chi connectivity index (χ1v) is 8.50. The zero-order valence-electron chi connectivity index (χ0n) is 14.2. The maximum absolute atomic E-state index is 12.1. The van der Waals surface area contributed by atoms with Gasteiger partial charge in [0.15, 0.2) is 0 Å². The van der Waals surface area contributed by atoms with Gasteiger partial charge in [-0.2, -0.15) is 0 Å². The largest absolute Gasteiger partial charge is 0.381 e. The lowest BCUT2D eigenvalue weighted by Gasteiger charge is -2.30. The fourth-order valence-corrected chi connectivity index (χ4v) is 3.33. The molecule has 5 nitrogen and oxygen atoms in total. The van der Waals surface area contributed by atoms with Crippen LogP contribution in [0.25, 0.3) is 0 Å². The third kappa shape index (κ3) is 8.03. The van der Waals surface area contributed by atoms with Gasteiger partial charge in [0.1, 0.15) is 0 Å². The number of carbonyl (C=O) groups is 1. The third-order valence-corrected chi connectivity index (χ3v) is 4.72. The van der Waals surface area contributed by atoms with Crippen molar-refractivity contribution < 1.29 is 9.53 Å². The molecular formula is C16H33Cl2N3O2. The van der Waals surface area contributed by atoms with Gasteiger partial charge >= 0.3 is 0 Å². The van der Waals surface area contributed by atoms with Gasteiger partial charge in [-0.1, -0.05) is 13.3 Å². The van der Waals surface area contributed by atoms with Crippen LogP contribution >= 0.6 is 24.8 Å². The molecule has 0 spiro atoms. The lowest BCUT2D eigenvalue weighted by Crippen LogP contribution is -2.48. The topological polar surface area (TPSA) is 67.6 Å². The molecule has 2 rings (SSSR count). The number of nitrogens with one attached hydrogen (secondary N) is 1. The quantitative estimate of drug-likeness (QED) is 0.749. The van der Waals surface area contributed by atoms with E-state index in [1.807, 2.05) is 0 Å². The maximum Gasteiger partial charge on any atom is 0.237 e. The minimum Gasteiger partial charge on any atom is -0.381 e. The van der Waals surface area contributed by atoms with Crippen LogP contribution in [-0.2, 0) is 9.53 Å². The standard InChI is InChI=1S/C16H31N3O2.2ClH/c1-13(12-19-7-3-2-4-8-19)11-18-16(20)15(17)14-5-9-21-10-6-14;;/h13-15H,2-12,17H2,1H3,(H,18,20);2*1H. The molecule has 1 amide bonds. The number of nitrogens with zero attached hydrogens (tertiary/aromatic N) is 1. The van der Waals surface area contributed by atoms with E-state index in [1.165, 1.54) is 32.4 Å². The summed E-state index contributed by atoms with van der Waals surface area (Å²) in [7, 11) is 0. The van der Waals surface area contributed by atoms with E-state index < -0.39 is 0 Å². The van der Waals surface area contributed by atoms with Crippen LogP contribution in [0.4, 0.5) is 0 Å². The molecule has 3 N–H and O–H groups in total. The summed E-state index contributed by atoms with van der Waals surface area (Å²) in [4.78, 5) is 14.7. The number of amides is 1. The van der Waals surface area contributed by atoms with Crippen LogP contribution in [0.5, 0.6) is 0 Å². The Morgan fingerprint density at radius 1 is 1.22 bits per heavy atom. The maximum atomic E-state index is 12.1. The zero-order valence-corrected chi connectivity index (χ0v) is 15.8. The molecule has 0 aromatic carbocycles. The van der Waals surface area contributed by atoms with Crippen molar-refractivity contribution in [2.24, 2.45) is 17.6 Å². The molecule has 23 heavy (non-hydrogen) atoms. The van der Waals surface area contributed by atoms with Crippen LogP contribution in [0.15, 0.2) is 0 Å². The average Bonchev–Trinajstić information content (AvgIpc) is 2.53. The summed E-state index contributed by atoms with van der Waals surface area (Å²) in [6, 6.07) is -0.379. The van der Waals surface area contributed by atoms with Crippen LogP contribution in [-0.4, -0.2) is 56.2 Å². The van der Waals surface area contributed by atoms with E-state index in [1.54, 1.807) is 0 Å². The molecule has 2 saturated heterocycles. The molecule has 0 radical (unpaired) electrons. The van der Waals surface area contributed by atoms with E-state index >= 15 is 0 Å². The first-order valence-electron chi connectivity index (χ1n) is 8.50. The Morgan fingerprint density at radius 2 is 1.83 bits per heavy atom. The molecule has 7 heteroatoms. The summed E-state index contributed by atoms with van der Waals surface area (Å²) in [5, 5.41) is 3.04. The van der Waals surface area contributed by atoms with Crippen molar-refractivity contribution in [2.45, 2.75) is 45.1 Å². The lowest BCUT2D eigenvalue weighted by molar-refractivity contribution is -0.124. The average molecular weight is 370 g/mol. The van der Waals surface area contributed by atoms with Crippen LogP contribution in [0.3, 0.4) is 0 Å². The van der Waals surface area contributed by atoms with Gasteiger partial charge in [-0.05, 0) is 50.6 Å². The van der Waals surface area contributed by atoms with Gasteiger partial charge in [0.2, 0.25) is 5.91 Å². The summed E-state index contributed by atoms with van der Waals surface area (Å²) in [6.07, 6.45) is 5.79. The SMILES string of the molecule is CC(CNC(=O)C(N)C1CCOCC1)CN1CCCCC1.Cl.Cl. The molecule has 0 bridgehead atoms. The second kappa shape index (κ2) is 12.3. The monoisotopic (exact) mass is 369 g/mol. The molecule has 2 atom stereocenters. The fourth-order valence-electron chi connectivity index (χ4n) is 3.33. The molecule has 2 aliphatic heterocycles. The summed E-state index contributed by atoms with van der Waals surface area (Å²) in [5.74, 6) is 0.762. The fraction of sp³-hybridized carbons (Fsp3) is 0.938. The number of nitrogens with two attached hydrogens (primary N) is 1. The van der Waals surface area contributed by atoms with Crippen molar-refractivity contribution >= 4 is 30.7 Å². The molecule has 0 aliphatic carbocycles. The normalized spacial score (nSPS) is 22.3. The number of ether oxygens (including phenoxy) is 1. The molecule has 2 unspecified atom stereocenters. The molecule has 138 valence electrons. The predicted molar refractivity (Wildman–Crippen MR) is 98.5 cm³/mol. The molecule has 0 aromatic heterocycles. The van der Waals surface area contributed by atoms with Gasteiger partial charge in [-0.15, -0.1) is 24.8 Å². The summed E-state index contributed by atoms with van der Waals surface area (Å²) in [5.41, 5.74) is 6.08. The number of likely N-dealkylation sites (tertiary alicyclic amines) is 1. The molecule has 2 heterocycles. The van der Waals surface area contributed by atoms with Gasteiger partial charge < -0.3 is 20.7 Å². The molecule has 0 saturated carbocycles. The van der Waals surface area contributed by atoms with Crippen LogP contribution in [0, 0.1) is 11.8 Å². The Kier molecular flexibility index (Phi) is 12.3. The Labute approximate surface area is 152 Å². The van der Waals surface area contributed by atoms with Gasteiger partial charge in [0.25, 0.3) is 0 Å². The van der Waals surface area contributed by atoms with Crippen molar-refractivity contribution in [3.8, 4) is 0 Å². The van der Waals surface area contributed by atoms with Gasteiger partial charge in [0.05, 0.1) is 6.04 Å². The zero-order chi connectivity index (χ0) is 15.1. The Bertz CT molecular complexity index is 322. The van der Waals surface area contributed by atoms with Crippen LogP contribution in [0.1, 0.15) is 39.0 Å². The third-order valence-electron chi connectivity index (χ3n) is 4.72. The van der Waals surface area contributed by atoms with Crippen molar-refractivity contribution in [1.29, 1.82) is 0 Å². The Morgan fingerprint density at radius 3 is 2.43 bits per heavy atom. The molecule has 2 aliphatic rings. The van der Waals surface area contributed by atoms with E-state index in [-0.39, 0.29) is 42.7 Å². The van der Waals surface area contributed by atoms with Crippen molar-refractivity contribution in [3.63, 3.8) is 0 Å². The van der Waals surface area contributed by atoms with Gasteiger partial charge in [-0.3, -0.25) is 4.79 Å². The number of rotatable bonds is 6. The second-order valence-electron chi connectivity index (χ2n) is 6.69. The summed E-state index contributed by atoms with van der Waals surface area (Å²) >= 11 is 0. The highest BCUT2D eigenvalue weighted by Crippen LogP contribution is 2.17. The highest BCUT2D eigenvalue weighted by atomic mass is 35.5. The van der Waals surface area contributed by atoms with E-state index in [0.29, 0.717) is 5.92 Å². The second-order valence-corrected chi connectivity index (χ2v) is 6.69. The lowest BCUT2D eigenvalue weighted by atomic mass is 9.92. The first kappa shape index (κ1) is 22.9. The minimum absolute atomic E-state index is 0. The Hall–Kier alpha value is -0.0700. The van der Waals surface area contributed by atoms with Crippen molar-refractivity contribution in [2.75, 3.05) is 39.4 Å². The van der Waals surface area contributed by atoms with Crippen molar-refractivity contribution in [3.05, 3.63) is 0 Å². The number of hydrogen-bond donors (Lipinski definition) is 2. The molecular weight excluding hydrogens is 337 g/mol. The smallest absolute Gasteiger partial charge is 0.237 e. The van der Waals surface area contributed by atoms with E-state index in [0.717, 1.165) is 39.1 Å². The van der Waals surface area contributed by atoms with E-state index in [4.69, 9.17) is 10.5 Å². The molecule has 2 fully saturated rings. The van der Waals surface area contributed by atoms with Crippen LogP contribution < -0.4 is 11.1 Å². The number of carbonyl (C=O) groups excluding carboxylic acids is 1. The highest BCUT2D eigenvalue weighted by molar-refractivity contribution is 5.85. The highest BCUT2D eigenvalue weighted by Gasteiger charge is 2.26. The number of piperidine rings is 1. The number of hydrogen-bond acceptors (Lipinski definition) is 4. The van der Waals surface area contributed by atoms with Crippen molar-refractivity contribution in [1.82, 2.24) is 10.2 Å². The minimum atomic E-state index is -0.379. The summed E-state index contributed by atoms with van der Waals surface area (Å²) < 4.78 is 5.32. The first-order chi connectivity index (χ1) is 10.2. The van der Waals surface area contributed by atoms with Crippen LogP contribution in [0.2, 0.25) is 0 Å². The van der Waals surface area contributed by atoms with E-state index in [2.05, 4.69) is 17.1 Å². The van der Waals surface area contributed by atoms with Gasteiger partial charge in [0, 0.05) is 26.3 Å². The number of halogens is 2. The molecule has 0 aromatic rings. The predicted octanol–water partition coefficient (Wildman–Crippen LogP) is 1.82.